The molecule has 1 aromatic rings. The van der Waals surface area contributed by atoms with Crippen molar-refractivity contribution < 1.29 is 12.6 Å². The molecule has 0 N–H and O–H groups in total. The zero-order valence-electron chi connectivity index (χ0n) is 7.36. The minimum Gasteiger partial charge on any atom is -0.266 e. The molecule has 0 spiro atoms. The molecule has 1 rings (SSSR count). The van der Waals surface area contributed by atoms with Gasteiger partial charge in [-0.1, -0.05) is 17.7 Å². The van der Waals surface area contributed by atoms with Crippen LogP contribution in [0.25, 0.3) is 0 Å². The Hall–Kier alpha value is -0.870. The van der Waals surface area contributed by atoms with Crippen molar-refractivity contribution in [2.75, 3.05) is 6.61 Å². The van der Waals surface area contributed by atoms with Gasteiger partial charge in [-0.25, -0.2) is 0 Å². The molecular formula is C9H11O3S. The van der Waals surface area contributed by atoms with Crippen molar-refractivity contribution in [2.45, 2.75) is 11.8 Å². The first-order valence-corrected chi connectivity index (χ1v) is 5.22. The summed E-state index contributed by atoms with van der Waals surface area (Å²) in [5.74, 6) is 0. The van der Waals surface area contributed by atoms with Gasteiger partial charge in [0.2, 0.25) is 0 Å². The predicted molar refractivity (Wildman–Crippen MR) is 49.7 cm³/mol. The second-order valence-electron chi connectivity index (χ2n) is 2.59. The second kappa shape index (κ2) is 3.89. The van der Waals surface area contributed by atoms with E-state index in [0.717, 1.165) is 5.56 Å². The summed E-state index contributed by atoms with van der Waals surface area (Å²) >= 11 is 0. The number of hydrogen-bond acceptors (Lipinski definition) is 3. The lowest BCUT2D eigenvalue weighted by Gasteiger charge is -2.02. The summed E-state index contributed by atoms with van der Waals surface area (Å²) in [6.07, 6.45) is 0. The fourth-order valence-electron chi connectivity index (χ4n) is 0.883. The van der Waals surface area contributed by atoms with Crippen LogP contribution in [0, 0.1) is 13.8 Å². The van der Waals surface area contributed by atoms with Gasteiger partial charge >= 0.3 is 0 Å². The van der Waals surface area contributed by atoms with Crippen LogP contribution in [0.1, 0.15) is 5.56 Å². The topological polar surface area (TPSA) is 43.4 Å². The first-order valence-electron chi connectivity index (χ1n) is 3.81. The average Bonchev–Trinajstić information content (AvgIpc) is 2.05. The van der Waals surface area contributed by atoms with Crippen molar-refractivity contribution in [3.05, 3.63) is 36.8 Å². The highest BCUT2D eigenvalue weighted by molar-refractivity contribution is 7.86. The van der Waals surface area contributed by atoms with Gasteiger partial charge in [-0.3, -0.25) is 4.18 Å². The fraction of sp³-hybridized carbons (Fsp3) is 0.222. The van der Waals surface area contributed by atoms with Gasteiger partial charge in [0, 0.05) is 0 Å². The molecule has 4 heteroatoms. The first kappa shape index (κ1) is 10.2. The minimum absolute atomic E-state index is 0.0871. The van der Waals surface area contributed by atoms with Crippen LogP contribution in [-0.2, 0) is 14.3 Å². The molecule has 0 aliphatic carbocycles. The van der Waals surface area contributed by atoms with E-state index in [4.69, 9.17) is 0 Å². The Balaban J connectivity index is 3.02. The van der Waals surface area contributed by atoms with Crippen LogP contribution in [0.15, 0.2) is 29.2 Å². The van der Waals surface area contributed by atoms with Crippen LogP contribution in [0.3, 0.4) is 0 Å². The molecule has 0 fully saturated rings. The highest BCUT2D eigenvalue weighted by Gasteiger charge is 2.12. The lowest BCUT2D eigenvalue weighted by Crippen LogP contribution is -2.05. The van der Waals surface area contributed by atoms with Gasteiger partial charge in [0.25, 0.3) is 10.1 Å². The molecule has 0 saturated heterocycles. The summed E-state index contributed by atoms with van der Waals surface area (Å²) in [5.41, 5.74) is 1.01. The Morgan fingerprint density at radius 1 is 1.31 bits per heavy atom. The van der Waals surface area contributed by atoms with E-state index in [0.29, 0.717) is 0 Å². The van der Waals surface area contributed by atoms with E-state index in [1.165, 1.54) is 12.1 Å². The molecule has 0 aliphatic rings. The van der Waals surface area contributed by atoms with E-state index in [9.17, 15) is 8.42 Å². The normalized spacial score (nSPS) is 11.5. The largest absolute Gasteiger partial charge is 0.296 e. The maximum Gasteiger partial charge on any atom is 0.296 e. The Bertz CT molecular complexity index is 364. The van der Waals surface area contributed by atoms with Crippen LogP contribution in [-0.4, -0.2) is 15.0 Å². The lowest BCUT2D eigenvalue weighted by atomic mass is 10.2. The Kier molecular flexibility index (Phi) is 3.06. The standard InChI is InChI=1S/C9H11O3S/c1-3-12-13(10,11)9-6-4-8(2)5-7-9/h4-7H,1,3H2,2H3. The molecular weight excluding hydrogens is 188 g/mol. The van der Waals surface area contributed by atoms with Crippen LogP contribution in [0.4, 0.5) is 0 Å². The molecule has 1 radical (unpaired) electrons. The summed E-state index contributed by atoms with van der Waals surface area (Å²) < 4.78 is 27.1. The third-order valence-corrected chi connectivity index (χ3v) is 2.87. The maximum absolute atomic E-state index is 11.3. The third-order valence-electron chi connectivity index (χ3n) is 1.55. The lowest BCUT2D eigenvalue weighted by molar-refractivity contribution is 0.355. The van der Waals surface area contributed by atoms with E-state index in [-0.39, 0.29) is 11.5 Å². The molecule has 0 amide bonds. The van der Waals surface area contributed by atoms with Crippen molar-refractivity contribution >= 4 is 10.1 Å². The average molecular weight is 199 g/mol. The van der Waals surface area contributed by atoms with E-state index in [2.05, 4.69) is 11.1 Å². The summed E-state index contributed by atoms with van der Waals surface area (Å²) in [7, 11) is -3.59. The molecule has 71 valence electrons. The molecule has 0 atom stereocenters. The fourth-order valence-corrected chi connectivity index (χ4v) is 1.71. The van der Waals surface area contributed by atoms with Gasteiger partial charge in [-0.15, -0.1) is 0 Å². The monoisotopic (exact) mass is 199 g/mol. The second-order valence-corrected chi connectivity index (χ2v) is 4.20. The summed E-state index contributed by atoms with van der Waals surface area (Å²) in [4.78, 5) is 0.168. The molecule has 1 aromatic carbocycles. The van der Waals surface area contributed by atoms with Gasteiger partial charge in [0.15, 0.2) is 0 Å². The Morgan fingerprint density at radius 2 is 1.85 bits per heavy atom. The highest BCUT2D eigenvalue weighted by Crippen LogP contribution is 2.12. The number of benzene rings is 1. The van der Waals surface area contributed by atoms with Crippen molar-refractivity contribution in [1.29, 1.82) is 0 Å². The Morgan fingerprint density at radius 3 is 2.31 bits per heavy atom. The number of rotatable bonds is 3. The molecule has 0 aliphatic heterocycles. The van der Waals surface area contributed by atoms with Gasteiger partial charge in [-0.2, -0.15) is 8.42 Å². The minimum atomic E-state index is -3.59. The third kappa shape index (κ3) is 2.54. The number of hydrogen-bond donors (Lipinski definition) is 0. The maximum atomic E-state index is 11.3. The van der Waals surface area contributed by atoms with Crippen molar-refractivity contribution in [3.8, 4) is 0 Å². The van der Waals surface area contributed by atoms with Crippen molar-refractivity contribution in [3.63, 3.8) is 0 Å². The molecule has 13 heavy (non-hydrogen) atoms. The molecule has 0 bridgehead atoms. The zero-order chi connectivity index (χ0) is 9.90. The van der Waals surface area contributed by atoms with Gasteiger partial charge < -0.3 is 0 Å². The van der Waals surface area contributed by atoms with Gasteiger partial charge in [0.05, 0.1) is 11.5 Å². The molecule has 0 aromatic heterocycles. The Labute approximate surface area is 78.5 Å². The van der Waals surface area contributed by atoms with Crippen molar-refractivity contribution in [2.24, 2.45) is 0 Å². The molecule has 0 heterocycles. The van der Waals surface area contributed by atoms with Gasteiger partial charge in [-0.05, 0) is 26.0 Å². The molecule has 3 nitrogen and oxygen atoms in total. The summed E-state index contributed by atoms with van der Waals surface area (Å²) in [6.45, 7) is 5.11. The van der Waals surface area contributed by atoms with E-state index < -0.39 is 10.1 Å². The van der Waals surface area contributed by atoms with Crippen molar-refractivity contribution in [1.82, 2.24) is 0 Å². The summed E-state index contributed by atoms with van der Waals surface area (Å²) in [5, 5.41) is 0. The van der Waals surface area contributed by atoms with Gasteiger partial charge in [0.1, 0.15) is 0 Å². The number of aryl methyl sites for hydroxylation is 1. The smallest absolute Gasteiger partial charge is 0.266 e. The van der Waals surface area contributed by atoms with Crippen LogP contribution in [0.2, 0.25) is 0 Å². The first-order chi connectivity index (χ1) is 6.06. The highest BCUT2D eigenvalue weighted by atomic mass is 32.2. The van der Waals surface area contributed by atoms with Crippen LogP contribution in [0.5, 0.6) is 0 Å². The van der Waals surface area contributed by atoms with Crippen LogP contribution < -0.4 is 0 Å². The zero-order valence-corrected chi connectivity index (χ0v) is 8.17. The summed E-state index contributed by atoms with van der Waals surface area (Å²) in [6, 6.07) is 6.47. The quantitative estimate of drug-likeness (QED) is 0.693. The predicted octanol–water partition coefficient (Wildman–Crippen LogP) is 1.53. The SMILES string of the molecule is [CH2]COS(=O)(=O)c1ccc(C)cc1. The van der Waals surface area contributed by atoms with E-state index >= 15 is 0 Å². The van der Waals surface area contributed by atoms with Crippen LogP contribution >= 0.6 is 0 Å². The van der Waals surface area contributed by atoms with E-state index in [1.807, 2.05) is 6.92 Å². The molecule has 0 unspecified atom stereocenters. The molecule has 0 saturated carbocycles. The van der Waals surface area contributed by atoms with E-state index in [1.54, 1.807) is 12.1 Å².